The molecule has 0 radical (unpaired) electrons. The van der Waals surface area contributed by atoms with Gasteiger partial charge in [-0.3, -0.25) is 0 Å². The summed E-state index contributed by atoms with van der Waals surface area (Å²) >= 11 is 0. The average Bonchev–Trinajstić information content (AvgIpc) is 2.78. The third-order valence-corrected chi connectivity index (χ3v) is 5.43. The SMILES string of the molecule is CCc1cc(Cc2ccccc2)c(F)cc1B1OC(C)(C)C(C)(C)O1. The Labute approximate surface area is 150 Å². The Morgan fingerprint density at radius 2 is 1.52 bits per heavy atom. The van der Waals surface area contributed by atoms with E-state index in [-0.39, 0.29) is 5.82 Å². The summed E-state index contributed by atoms with van der Waals surface area (Å²) in [6.07, 6.45) is 1.39. The van der Waals surface area contributed by atoms with Crippen molar-refractivity contribution in [2.24, 2.45) is 0 Å². The maximum Gasteiger partial charge on any atom is 0.495 e. The lowest BCUT2D eigenvalue weighted by molar-refractivity contribution is 0.00578. The van der Waals surface area contributed by atoms with Crippen LogP contribution in [0.25, 0.3) is 0 Å². The largest absolute Gasteiger partial charge is 0.495 e. The van der Waals surface area contributed by atoms with Gasteiger partial charge in [0.1, 0.15) is 5.82 Å². The number of benzene rings is 2. The maximum atomic E-state index is 14.8. The van der Waals surface area contributed by atoms with E-state index in [0.717, 1.165) is 23.0 Å². The van der Waals surface area contributed by atoms with Gasteiger partial charge in [-0.1, -0.05) is 43.3 Å². The van der Waals surface area contributed by atoms with E-state index in [1.54, 1.807) is 6.07 Å². The Morgan fingerprint density at radius 1 is 0.920 bits per heavy atom. The zero-order chi connectivity index (χ0) is 18.2. The molecule has 2 aromatic rings. The third kappa shape index (κ3) is 3.51. The molecule has 0 spiro atoms. The summed E-state index contributed by atoms with van der Waals surface area (Å²) < 4.78 is 27.0. The van der Waals surface area contributed by atoms with Crippen LogP contribution in [0.3, 0.4) is 0 Å². The first-order valence-corrected chi connectivity index (χ1v) is 8.94. The van der Waals surface area contributed by atoms with Crippen molar-refractivity contribution in [1.82, 2.24) is 0 Å². The summed E-state index contributed by atoms with van der Waals surface area (Å²) in [5, 5.41) is 0. The molecule has 25 heavy (non-hydrogen) atoms. The predicted molar refractivity (Wildman–Crippen MR) is 101 cm³/mol. The molecule has 1 saturated heterocycles. The summed E-state index contributed by atoms with van der Waals surface area (Å²) in [6.45, 7) is 10.1. The molecule has 0 amide bonds. The predicted octanol–water partition coefficient (Wildman–Crippen LogP) is 4.28. The summed E-state index contributed by atoms with van der Waals surface area (Å²) in [5.74, 6) is -0.203. The average molecular weight is 340 g/mol. The van der Waals surface area contributed by atoms with Gasteiger partial charge in [-0.2, -0.15) is 0 Å². The van der Waals surface area contributed by atoms with Crippen LogP contribution in [0.15, 0.2) is 42.5 Å². The van der Waals surface area contributed by atoms with Crippen molar-refractivity contribution in [3.8, 4) is 0 Å². The molecular weight excluding hydrogens is 314 g/mol. The van der Waals surface area contributed by atoms with Crippen LogP contribution in [0.4, 0.5) is 4.39 Å². The van der Waals surface area contributed by atoms with Gasteiger partial charge in [-0.15, -0.1) is 0 Å². The van der Waals surface area contributed by atoms with Gasteiger partial charge in [0.25, 0.3) is 0 Å². The minimum atomic E-state index is -0.528. The van der Waals surface area contributed by atoms with Crippen LogP contribution in [0.1, 0.15) is 51.3 Å². The fourth-order valence-electron chi connectivity index (χ4n) is 3.13. The zero-order valence-corrected chi connectivity index (χ0v) is 15.7. The van der Waals surface area contributed by atoms with Crippen molar-refractivity contribution >= 4 is 12.6 Å². The van der Waals surface area contributed by atoms with Crippen molar-refractivity contribution in [2.45, 2.75) is 58.7 Å². The second kappa shape index (κ2) is 6.58. The Kier molecular flexibility index (Phi) is 4.78. The molecule has 0 bridgehead atoms. The zero-order valence-electron chi connectivity index (χ0n) is 15.7. The molecule has 1 aliphatic heterocycles. The molecule has 3 rings (SSSR count). The molecule has 0 N–H and O–H groups in total. The van der Waals surface area contributed by atoms with E-state index in [2.05, 4.69) is 6.92 Å². The molecule has 0 saturated carbocycles. The lowest BCUT2D eigenvalue weighted by Crippen LogP contribution is -2.41. The molecule has 1 fully saturated rings. The fraction of sp³-hybridized carbons (Fsp3) is 0.429. The number of hydrogen-bond acceptors (Lipinski definition) is 2. The summed E-state index contributed by atoms with van der Waals surface area (Å²) in [7, 11) is -0.528. The standard InChI is InChI=1S/C21H26BFO2/c1-6-16-13-17(12-15-10-8-7-9-11-15)19(23)14-18(16)22-24-20(2,3)21(4,5)25-22/h7-11,13-14H,6,12H2,1-5H3. The van der Waals surface area contributed by atoms with Crippen LogP contribution in [0.2, 0.25) is 0 Å². The van der Waals surface area contributed by atoms with Crippen LogP contribution >= 0.6 is 0 Å². The molecule has 0 aromatic heterocycles. The molecule has 0 unspecified atom stereocenters. The van der Waals surface area contributed by atoms with Gasteiger partial charge in [0.2, 0.25) is 0 Å². The number of hydrogen-bond donors (Lipinski definition) is 0. The van der Waals surface area contributed by atoms with Gasteiger partial charge in [0.15, 0.2) is 0 Å². The minimum Gasteiger partial charge on any atom is -0.399 e. The quantitative estimate of drug-likeness (QED) is 0.774. The van der Waals surface area contributed by atoms with Crippen molar-refractivity contribution in [1.29, 1.82) is 0 Å². The van der Waals surface area contributed by atoms with Gasteiger partial charge in [-0.25, -0.2) is 4.39 Å². The van der Waals surface area contributed by atoms with Crippen molar-refractivity contribution in [3.63, 3.8) is 0 Å². The van der Waals surface area contributed by atoms with E-state index in [1.807, 2.05) is 64.1 Å². The van der Waals surface area contributed by atoms with Gasteiger partial charge in [-0.05, 0) is 62.3 Å². The molecule has 0 atom stereocenters. The minimum absolute atomic E-state index is 0.203. The van der Waals surface area contributed by atoms with E-state index >= 15 is 0 Å². The molecule has 0 aliphatic carbocycles. The molecule has 132 valence electrons. The lowest BCUT2D eigenvalue weighted by atomic mass is 9.74. The topological polar surface area (TPSA) is 18.5 Å². The molecule has 1 aliphatic rings. The highest BCUT2D eigenvalue weighted by molar-refractivity contribution is 6.62. The van der Waals surface area contributed by atoms with E-state index in [9.17, 15) is 4.39 Å². The number of halogens is 1. The molecule has 1 heterocycles. The first-order valence-electron chi connectivity index (χ1n) is 8.94. The van der Waals surface area contributed by atoms with Gasteiger partial charge in [0.05, 0.1) is 11.2 Å². The van der Waals surface area contributed by atoms with Crippen molar-refractivity contribution < 1.29 is 13.7 Å². The number of rotatable bonds is 4. The van der Waals surface area contributed by atoms with Crippen molar-refractivity contribution in [2.75, 3.05) is 0 Å². The van der Waals surface area contributed by atoms with Crippen LogP contribution in [-0.2, 0) is 22.2 Å². The Bertz CT molecular complexity index is 740. The molecular formula is C21H26BFO2. The van der Waals surface area contributed by atoms with Gasteiger partial charge < -0.3 is 9.31 Å². The van der Waals surface area contributed by atoms with E-state index in [1.165, 1.54) is 0 Å². The lowest BCUT2D eigenvalue weighted by Gasteiger charge is -2.32. The first-order chi connectivity index (χ1) is 11.7. The Balaban J connectivity index is 1.93. The van der Waals surface area contributed by atoms with Crippen LogP contribution < -0.4 is 5.46 Å². The highest BCUT2D eigenvalue weighted by Gasteiger charge is 2.52. The van der Waals surface area contributed by atoms with E-state index in [4.69, 9.17) is 9.31 Å². The van der Waals surface area contributed by atoms with E-state index in [0.29, 0.717) is 12.0 Å². The van der Waals surface area contributed by atoms with Crippen LogP contribution in [0.5, 0.6) is 0 Å². The highest BCUT2D eigenvalue weighted by atomic mass is 19.1. The maximum absolute atomic E-state index is 14.8. The second-order valence-corrected chi connectivity index (χ2v) is 7.75. The Morgan fingerprint density at radius 3 is 2.08 bits per heavy atom. The highest BCUT2D eigenvalue weighted by Crippen LogP contribution is 2.37. The summed E-state index contributed by atoms with van der Waals surface area (Å²) in [5.41, 5.74) is 2.83. The van der Waals surface area contributed by atoms with Gasteiger partial charge in [0, 0.05) is 6.42 Å². The van der Waals surface area contributed by atoms with Crippen LogP contribution in [0, 0.1) is 5.82 Å². The molecule has 4 heteroatoms. The smallest absolute Gasteiger partial charge is 0.399 e. The summed E-state index contributed by atoms with van der Waals surface area (Å²) in [4.78, 5) is 0. The molecule has 2 nitrogen and oxygen atoms in total. The fourth-order valence-corrected chi connectivity index (χ4v) is 3.13. The van der Waals surface area contributed by atoms with Gasteiger partial charge >= 0.3 is 7.12 Å². The van der Waals surface area contributed by atoms with E-state index < -0.39 is 18.3 Å². The monoisotopic (exact) mass is 340 g/mol. The third-order valence-electron chi connectivity index (χ3n) is 5.43. The first kappa shape index (κ1) is 18.2. The Hall–Kier alpha value is -1.65. The second-order valence-electron chi connectivity index (χ2n) is 7.75. The molecule has 2 aromatic carbocycles. The number of aryl methyl sites for hydroxylation is 1. The summed E-state index contributed by atoms with van der Waals surface area (Å²) in [6, 6.07) is 13.5. The van der Waals surface area contributed by atoms with Crippen molar-refractivity contribution in [3.05, 3.63) is 65.0 Å². The normalized spacial score (nSPS) is 18.6. The van der Waals surface area contributed by atoms with Crippen LogP contribution in [-0.4, -0.2) is 18.3 Å².